The Balaban J connectivity index is 2.44. The van der Waals surface area contributed by atoms with Crippen molar-refractivity contribution >= 4 is 30.5 Å². The van der Waals surface area contributed by atoms with E-state index in [1.54, 1.807) is 25.7 Å². The molecule has 0 spiro atoms. The predicted molar refractivity (Wildman–Crippen MR) is 133 cm³/mol. The van der Waals surface area contributed by atoms with Crippen molar-refractivity contribution < 1.29 is 19.1 Å². The van der Waals surface area contributed by atoms with Crippen LogP contribution < -0.4 is 10.6 Å². The summed E-state index contributed by atoms with van der Waals surface area (Å²) in [6, 6.07) is 4.12. The number of rotatable bonds is 7. The molecule has 1 saturated carbocycles. The SMILES string of the molecule is Cc1cc(C)cc(C(C(=O)NC(C)(C)C)N(C(=O)C(CS)NC(=O)OC(C)(C)C)C2CC2)c1. The number of hydrogen-bond acceptors (Lipinski definition) is 5. The van der Waals surface area contributed by atoms with Crippen molar-refractivity contribution in [3.05, 3.63) is 34.9 Å². The van der Waals surface area contributed by atoms with E-state index in [0.717, 1.165) is 29.5 Å². The second kappa shape index (κ2) is 10.4. The zero-order chi connectivity index (χ0) is 25.1. The first-order chi connectivity index (χ1) is 15.1. The molecule has 2 N–H and O–H groups in total. The molecule has 0 aliphatic heterocycles. The van der Waals surface area contributed by atoms with Crippen LogP contribution in [0.2, 0.25) is 0 Å². The number of nitrogens with zero attached hydrogens (tertiary/aromatic N) is 1. The first kappa shape index (κ1) is 27.0. The van der Waals surface area contributed by atoms with Crippen molar-refractivity contribution in [3.63, 3.8) is 0 Å². The molecule has 0 saturated heterocycles. The third-order valence-corrected chi connectivity index (χ3v) is 5.32. The van der Waals surface area contributed by atoms with Crippen LogP contribution in [0.25, 0.3) is 0 Å². The van der Waals surface area contributed by atoms with Crippen LogP contribution in [0.3, 0.4) is 0 Å². The molecule has 0 bridgehead atoms. The van der Waals surface area contributed by atoms with Gasteiger partial charge in [0.05, 0.1) is 0 Å². The molecule has 1 aliphatic carbocycles. The molecule has 0 aromatic heterocycles. The lowest BCUT2D eigenvalue weighted by molar-refractivity contribution is -0.143. The number of benzene rings is 1. The molecule has 1 aromatic rings. The first-order valence-corrected chi connectivity index (χ1v) is 12.1. The van der Waals surface area contributed by atoms with Crippen LogP contribution in [-0.2, 0) is 14.3 Å². The summed E-state index contributed by atoms with van der Waals surface area (Å²) in [5, 5.41) is 5.68. The van der Waals surface area contributed by atoms with Crippen molar-refractivity contribution in [2.24, 2.45) is 0 Å². The zero-order valence-corrected chi connectivity index (χ0v) is 22.0. The zero-order valence-electron chi connectivity index (χ0n) is 21.1. The van der Waals surface area contributed by atoms with E-state index in [1.165, 1.54) is 0 Å². The minimum Gasteiger partial charge on any atom is -0.444 e. The molecule has 1 aromatic carbocycles. The van der Waals surface area contributed by atoms with Gasteiger partial charge in [-0.25, -0.2) is 4.79 Å². The number of ether oxygens (including phenoxy) is 1. The van der Waals surface area contributed by atoms with Crippen molar-refractivity contribution in [1.29, 1.82) is 0 Å². The van der Waals surface area contributed by atoms with E-state index in [9.17, 15) is 14.4 Å². The molecule has 2 rings (SSSR count). The maximum absolute atomic E-state index is 13.7. The lowest BCUT2D eigenvalue weighted by Gasteiger charge is -2.36. The van der Waals surface area contributed by atoms with E-state index in [0.29, 0.717) is 0 Å². The van der Waals surface area contributed by atoms with Crippen molar-refractivity contribution in [1.82, 2.24) is 15.5 Å². The van der Waals surface area contributed by atoms with Crippen LogP contribution >= 0.6 is 12.6 Å². The Hall–Kier alpha value is -2.22. The smallest absolute Gasteiger partial charge is 0.408 e. The van der Waals surface area contributed by atoms with Crippen LogP contribution in [0.4, 0.5) is 4.79 Å². The van der Waals surface area contributed by atoms with Crippen LogP contribution in [0, 0.1) is 13.8 Å². The highest BCUT2D eigenvalue weighted by atomic mass is 32.1. The molecule has 3 amide bonds. The van der Waals surface area contributed by atoms with E-state index < -0.39 is 29.3 Å². The number of carbonyl (C=O) groups is 3. The maximum atomic E-state index is 13.7. The second-order valence-corrected chi connectivity index (χ2v) is 11.3. The standard InChI is InChI=1S/C25H39N3O4S/c1-15-11-16(2)13-17(12-15)20(21(29)27-24(3,4)5)28(18-9-10-18)22(30)19(14-33)26-23(31)32-25(6,7)8/h11-13,18-20,33H,9-10,14H2,1-8H3,(H,26,31)(H,27,29). The molecule has 1 aliphatic rings. The fourth-order valence-corrected chi connectivity index (χ4v) is 3.98. The van der Waals surface area contributed by atoms with Crippen molar-refractivity contribution in [2.75, 3.05) is 5.75 Å². The largest absolute Gasteiger partial charge is 0.444 e. The minimum atomic E-state index is -0.917. The van der Waals surface area contributed by atoms with Crippen LogP contribution in [-0.4, -0.2) is 51.8 Å². The van der Waals surface area contributed by atoms with E-state index in [2.05, 4.69) is 23.3 Å². The van der Waals surface area contributed by atoms with Gasteiger partial charge >= 0.3 is 6.09 Å². The highest BCUT2D eigenvalue weighted by Crippen LogP contribution is 2.36. The topological polar surface area (TPSA) is 87.7 Å². The Morgan fingerprint density at radius 2 is 1.61 bits per heavy atom. The van der Waals surface area contributed by atoms with Gasteiger partial charge in [0, 0.05) is 17.3 Å². The Kier molecular flexibility index (Phi) is 8.49. The lowest BCUT2D eigenvalue weighted by atomic mass is 9.97. The molecule has 33 heavy (non-hydrogen) atoms. The van der Waals surface area contributed by atoms with Gasteiger partial charge < -0.3 is 20.3 Å². The van der Waals surface area contributed by atoms with E-state index >= 15 is 0 Å². The highest BCUT2D eigenvalue weighted by Gasteiger charge is 2.44. The van der Waals surface area contributed by atoms with Crippen molar-refractivity contribution in [2.45, 2.75) is 97.5 Å². The Labute approximate surface area is 203 Å². The van der Waals surface area contributed by atoms with Gasteiger partial charge in [0.2, 0.25) is 11.8 Å². The molecule has 2 unspecified atom stereocenters. The number of nitrogens with one attached hydrogen (secondary N) is 2. The van der Waals surface area contributed by atoms with E-state index in [-0.39, 0.29) is 23.6 Å². The van der Waals surface area contributed by atoms with E-state index in [1.807, 2.05) is 52.8 Å². The van der Waals surface area contributed by atoms with Gasteiger partial charge in [0.25, 0.3) is 0 Å². The Morgan fingerprint density at radius 3 is 2.03 bits per heavy atom. The number of aryl methyl sites for hydroxylation is 2. The monoisotopic (exact) mass is 477 g/mol. The van der Waals surface area contributed by atoms with Gasteiger partial charge in [-0.1, -0.05) is 29.3 Å². The molecule has 1 fully saturated rings. The molecular formula is C25H39N3O4S. The third kappa shape index (κ3) is 8.25. The van der Waals surface area contributed by atoms with Gasteiger partial charge in [0.15, 0.2) is 0 Å². The third-order valence-electron chi connectivity index (χ3n) is 4.95. The summed E-state index contributed by atoms with van der Waals surface area (Å²) in [5.41, 5.74) is 1.62. The van der Waals surface area contributed by atoms with Crippen molar-refractivity contribution in [3.8, 4) is 0 Å². The molecular weight excluding hydrogens is 438 g/mol. The molecule has 2 atom stereocenters. The first-order valence-electron chi connectivity index (χ1n) is 11.4. The fraction of sp³-hybridized carbons (Fsp3) is 0.640. The summed E-state index contributed by atoms with van der Waals surface area (Å²) in [6.07, 6.45) is 0.927. The summed E-state index contributed by atoms with van der Waals surface area (Å²) >= 11 is 4.32. The van der Waals surface area contributed by atoms with Gasteiger partial charge in [-0.05, 0) is 73.8 Å². The summed E-state index contributed by atoms with van der Waals surface area (Å²) in [6.45, 7) is 14.9. The lowest BCUT2D eigenvalue weighted by Crippen LogP contribution is -2.55. The van der Waals surface area contributed by atoms with Crippen LogP contribution in [0.15, 0.2) is 18.2 Å². The Bertz CT molecular complexity index is 864. The molecule has 184 valence electrons. The summed E-state index contributed by atoms with van der Waals surface area (Å²) in [5.74, 6) is -0.503. The number of carbonyl (C=O) groups excluding carboxylic acids is 3. The number of amides is 3. The van der Waals surface area contributed by atoms with E-state index in [4.69, 9.17) is 4.74 Å². The molecule has 7 nitrogen and oxygen atoms in total. The summed E-state index contributed by atoms with van der Waals surface area (Å²) in [7, 11) is 0. The molecule has 0 radical (unpaired) electrons. The second-order valence-electron chi connectivity index (χ2n) is 10.9. The quantitative estimate of drug-likeness (QED) is 0.517. The number of alkyl carbamates (subject to hydrolysis) is 1. The van der Waals surface area contributed by atoms with Crippen LogP contribution in [0.1, 0.15) is 77.1 Å². The van der Waals surface area contributed by atoms with Gasteiger partial charge in [-0.15, -0.1) is 0 Å². The predicted octanol–water partition coefficient (Wildman–Crippen LogP) is 4.07. The number of hydrogen-bond donors (Lipinski definition) is 3. The summed E-state index contributed by atoms with van der Waals surface area (Å²) < 4.78 is 5.33. The highest BCUT2D eigenvalue weighted by molar-refractivity contribution is 7.80. The van der Waals surface area contributed by atoms with Gasteiger partial charge in [0.1, 0.15) is 17.7 Å². The minimum absolute atomic E-state index is 0.0724. The number of thiol groups is 1. The fourth-order valence-electron chi connectivity index (χ4n) is 3.73. The van der Waals surface area contributed by atoms with Crippen LogP contribution in [0.5, 0.6) is 0 Å². The average molecular weight is 478 g/mol. The average Bonchev–Trinajstić information content (AvgIpc) is 3.44. The molecule has 8 heteroatoms. The summed E-state index contributed by atoms with van der Waals surface area (Å²) in [4.78, 5) is 41.3. The maximum Gasteiger partial charge on any atom is 0.408 e. The Morgan fingerprint density at radius 1 is 1.06 bits per heavy atom. The normalized spacial score (nSPS) is 15.9. The van der Waals surface area contributed by atoms with Gasteiger partial charge in [-0.2, -0.15) is 12.6 Å². The molecule has 0 heterocycles. The van der Waals surface area contributed by atoms with Gasteiger partial charge in [-0.3, -0.25) is 9.59 Å².